The highest BCUT2D eigenvalue weighted by molar-refractivity contribution is 5.97. The lowest BCUT2D eigenvalue weighted by molar-refractivity contribution is -0.122. The van der Waals surface area contributed by atoms with Gasteiger partial charge in [-0.3, -0.25) is 9.59 Å². The van der Waals surface area contributed by atoms with Gasteiger partial charge in [-0.1, -0.05) is 0 Å². The monoisotopic (exact) mass is 238 g/mol. The summed E-state index contributed by atoms with van der Waals surface area (Å²) < 4.78 is 0. The fourth-order valence-corrected chi connectivity index (χ4v) is 0.929. The van der Waals surface area contributed by atoms with Crippen molar-refractivity contribution in [3.05, 3.63) is 18.1 Å². The van der Waals surface area contributed by atoms with Gasteiger partial charge in [0.15, 0.2) is 5.82 Å². The molecule has 0 spiro atoms. The summed E-state index contributed by atoms with van der Waals surface area (Å²) >= 11 is 0. The molecule has 0 fully saturated rings. The molecule has 0 radical (unpaired) electrons. The molecule has 0 aromatic carbocycles. The Balaban J connectivity index is 2.80. The molecule has 2 amide bonds. The number of aromatic nitrogens is 2. The molecule has 6 N–H and O–H groups in total. The van der Waals surface area contributed by atoms with Gasteiger partial charge >= 0.3 is 0 Å². The highest BCUT2D eigenvalue weighted by Crippen LogP contribution is 2.04. The van der Waals surface area contributed by atoms with Gasteiger partial charge in [0.1, 0.15) is 11.2 Å². The normalized spacial score (nSPS) is 10.8. The lowest BCUT2D eigenvalue weighted by atomic mass is 10.1. The van der Waals surface area contributed by atoms with Crippen molar-refractivity contribution in [1.29, 1.82) is 0 Å². The van der Waals surface area contributed by atoms with Crippen molar-refractivity contribution in [3.63, 3.8) is 0 Å². The van der Waals surface area contributed by atoms with Gasteiger partial charge in [-0.05, 0) is 13.8 Å². The van der Waals surface area contributed by atoms with E-state index in [1.165, 1.54) is 26.2 Å². The van der Waals surface area contributed by atoms with Crippen LogP contribution in [-0.2, 0) is 4.79 Å². The Morgan fingerprint density at radius 1 is 1.29 bits per heavy atom. The zero-order valence-electron chi connectivity index (χ0n) is 9.52. The molecule has 92 valence electrons. The summed E-state index contributed by atoms with van der Waals surface area (Å²) in [6, 6.07) is 0. The minimum absolute atomic E-state index is 0.0679. The molecule has 1 rings (SSSR count). The molecule has 0 bridgehead atoms. The van der Waals surface area contributed by atoms with E-state index < -0.39 is 17.4 Å². The number of rotatable bonds is 4. The van der Waals surface area contributed by atoms with Gasteiger partial charge < -0.3 is 16.5 Å². The minimum Gasteiger partial charge on any atom is -0.368 e. The van der Waals surface area contributed by atoms with E-state index in [2.05, 4.69) is 20.7 Å². The second-order valence-electron chi connectivity index (χ2n) is 3.87. The molecule has 0 saturated carbocycles. The molecule has 17 heavy (non-hydrogen) atoms. The molecule has 0 aliphatic carbocycles. The second kappa shape index (κ2) is 4.74. The number of primary amides is 1. The van der Waals surface area contributed by atoms with Crippen molar-refractivity contribution in [3.8, 4) is 0 Å². The molecule has 0 aliphatic heterocycles. The van der Waals surface area contributed by atoms with Crippen molar-refractivity contribution in [2.24, 2.45) is 11.6 Å². The SMILES string of the molecule is CC(C)(NC(=O)c1cnc(NN)cn1)C(N)=O. The first kappa shape index (κ1) is 12.8. The van der Waals surface area contributed by atoms with E-state index >= 15 is 0 Å². The van der Waals surface area contributed by atoms with Crippen LogP contribution in [0.4, 0.5) is 5.82 Å². The number of amides is 2. The molecule has 1 aromatic heterocycles. The lowest BCUT2D eigenvalue weighted by Gasteiger charge is -2.21. The number of nitrogens with one attached hydrogen (secondary N) is 2. The Hall–Kier alpha value is -2.22. The fourth-order valence-electron chi connectivity index (χ4n) is 0.929. The first-order valence-electron chi connectivity index (χ1n) is 4.78. The fraction of sp³-hybridized carbons (Fsp3) is 0.333. The average molecular weight is 238 g/mol. The van der Waals surface area contributed by atoms with Crippen LogP contribution in [0.5, 0.6) is 0 Å². The predicted octanol–water partition coefficient (Wildman–Crippen LogP) is -1.24. The number of hydrogen-bond donors (Lipinski definition) is 4. The van der Waals surface area contributed by atoms with Crippen molar-refractivity contribution in [2.45, 2.75) is 19.4 Å². The third-order valence-corrected chi connectivity index (χ3v) is 2.07. The maximum Gasteiger partial charge on any atom is 0.272 e. The summed E-state index contributed by atoms with van der Waals surface area (Å²) in [5.41, 5.74) is 6.32. The van der Waals surface area contributed by atoms with Crippen molar-refractivity contribution in [2.75, 3.05) is 5.43 Å². The second-order valence-corrected chi connectivity index (χ2v) is 3.87. The minimum atomic E-state index is -1.15. The molecule has 8 heteroatoms. The first-order chi connectivity index (χ1) is 7.86. The summed E-state index contributed by atoms with van der Waals surface area (Å²) in [6.07, 6.45) is 2.54. The van der Waals surface area contributed by atoms with E-state index in [0.717, 1.165) is 0 Å². The molecule has 0 unspecified atom stereocenters. The highest BCUT2D eigenvalue weighted by atomic mass is 16.2. The highest BCUT2D eigenvalue weighted by Gasteiger charge is 2.27. The maximum atomic E-state index is 11.7. The van der Waals surface area contributed by atoms with Crippen LogP contribution in [0.15, 0.2) is 12.4 Å². The van der Waals surface area contributed by atoms with Gasteiger partial charge in [0, 0.05) is 0 Å². The third kappa shape index (κ3) is 3.11. The number of nitrogens with zero attached hydrogens (tertiary/aromatic N) is 2. The number of hydrazine groups is 1. The molecule has 1 heterocycles. The maximum absolute atomic E-state index is 11.7. The first-order valence-corrected chi connectivity index (χ1v) is 4.78. The Morgan fingerprint density at radius 3 is 2.35 bits per heavy atom. The standard InChI is InChI=1S/C9H14N6O2/c1-9(2,8(10)17)14-7(16)5-3-13-6(15-11)4-12-5/h3-4H,11H2,1-2H3,(H2,10,17)(H,13,15)(H,14,16). The zero-order chi connectivity index (χ0) is 13.1. The van der Waals surface area contributed by atoms with E-state index in [1.54, 1.807) is 0 Å². The van der Waals surface area contributed by atoms with Crippen LogP contribution in [0.3, 0.4) is 0 Å². The van der Waals surface area contributed by atoms with E-state index in [9.17, 15) is 9.59 Å². The van der Waals surface area contributed by atoms with Gasteiger partial charge in [0.25, 0.3) is 5.91 Å². The Bertz CT molecular complexity index is 428. The van der Waals surface area contributed by atoms with Crippen molar-refractivity contribution >= 4 is 17.6 Å². The Morgan fingerprint density at radius 2 is 1.94 bits per heavy atom. The van der Waals surface area contributed by atoms with E-state index in [0.29, 0.717) is 5.82 Å². The van der Waals surface area contributed by atoms with Gasteiger partial charge in [0.2, 0.25) is 5.91 Å². The molecular formula is C9H14N6O2. The molecule has 0 saturated heterocycles. The van der Waals surface area contributed by atoms with E-state index in [4.69, 9.17) is 11.6 Å². The summed E-state index contributed by atoms with van der Waals surface area (Å²) in [6.45, 7) is 2.99. The number of carbonyl (C=O) groups excluding carboxylic acids is 2. The third-order valence-electron chi connectivity index (χ3n) is 2.07. The van der Waals surface area contributed by atoms with Crippen LogP contribution in [-0.4, -0.2) is 27.3 Å². The topological polar surface area (TPSA) is 136 Å². The molecule has 1 aromatic rings. The van der Waals surface area contributed by atoms with Crippen LogP contribution >= 0.6 is 0 Å². The van der Waals surface area contributed by atoms with Gasteiger partial charge in [-0.25, -0.2) is 15.8 Å². The number of nitrogen functional groups attached to an aromatic ring is 1. The Kier molecular flexibility index (Phi) is 3.59. The number of hydrogen-bond acceptors (Lipinski definition) is 6. The molecule has 0 aliphatic rings. The molecule has 8 nitrogen and oxygen atoms in total. The zero-order valence-corrected chi connectivity index (χ0v) is 9.52. The van der Waals surface area contributed by atoms with Crippen LogP contribution in [0.1, 0.15) is 24.3 Å². The number of nitrogens with two attached hydrogens (primary N) is 2. The van der Waals surface area contributed by atoms with E-state index in [-0.39, 0.29) is 5.69 Å². The van der Waals surface area contributed by atoms with Crippen LogP contribution < -0.4 is 22.3 Å². The van der Waals surface area contributed by atoms with Gasteiger partial charge in [-0.2, -0.15) is 0 Å². The summed E-state index contributed by atoms with van der Waals surface area (Å²) in [5, 5.41) is 2.44. The number of carbonyl (C=O) groups is 2. The van der Waals surface area contributed by atoms with Crippen LogP contribution in [0, 0.1) is 0 Å². The van der Waals surface area contributed by atoms with Crippen LogP contribution in [0.2, 0.25) is 0 Å². The average Bonchev–Trinajstić information content (AvgIpc) is 2.28. The van der Waals surface area contributed by atoms with E-state index in [1.807, 2.05) is 0 Å². The predicted molar refractivity (Wildman–Crippen MR) is 60.6 cm³/mol. The van der Waals surface area contributed by atoms with Crippen molar-refractivity contribution in [1.82, 2.24) is 15.3 Å². The summed E-state index contributed by atoms with van der Waals surface area (Å²) in [4.78, 5) is 30.4. The lowest BCUT2D eigenvalue weighted by Crippen LogP contribution is -2.53. The van der Waals surface area contributed by atoms with Crippen molar-refractivity contribution < 1.29 is 9.59 Å². The van der Waals surface area contributed by atoms with Gasteiger partial charge in [0.05, 0.1) is 12.4 Å². The molecule has 0 atom stereocenters. The summed E-state index contributed by atoms with van der Waals surface area (Å²) in [7, 11) is 0. The van der Waals surface area contributed by atoms with Gasteiger partial charge in [-0.15, -0.1) is 0 Å². The van der Waals surface area contributed by atoms with Crippen LogP contribution in [0.25, 0.3) is 0 Å². The number of anilines is 1. The Labute approximate surface area is 97.8 Å². The largest absolute Gasteiger partial charge is 0.368 e. The molecular weight excluding hydrogens is 224 g/mol. The smallest absolute Gasteiger partial charge is 0.272 e. The summed E-state index contributed by atoms with van der Waals surface area (Å²) in [5.74, 6) is 4.26. The quantitative estimate of drug-likeness (QED) is 0.382.